The molecule has 3 rings (SSSR count). The number of rotatable bonds is 10. The van der Waals surface area contributed by atoms with E-state index in [4.69, 9.17) is 0 Å². The fourth-order valence-electron chi connectivity index (χ4n) is 3.01. The van der Waals surface area contributed by atoms with Crippen LogP contribution < -0.4 is 15.4 Å². The van der Waals surface area contributed by atoms with E-state index in [2.05, 4.69) is 46.2 Å². The van der Waals surface area contributed by atoms with Crippen molar-refractivity contribution in [2.24, 2.45) is 0 Å². The molecule has 0 radical (unpaired) electrons. The van der Waals surface area contributed by atoms with Gasteiger partial charge in [0, 0.05) is 29.2 Å². The average Bonchev–Trinajstić information content (AvgIpc) is 2.75. The van der Waals surface area contributed by atoms with Gasteiger partial charge < -0.3 is 20.3 Å². The normalized spacial score (nSPS) is 11.5. The maximum Gasteiger partial charge on any atom is 0.573 e. The number of hydrogen-bond acceptors (Lipinski definition) is 6. The molecule has 3 aromatic rings. The molecule has 1 aromatic heterocycles. The van der Waals surface area contributed by atoms with Gasteiger partial charge in [0.1, 0.15) is 11.6 Å². The van der Waals surface area contributed by atoms with E-state index in [1.807, 2.05) is 38.4 Å². The smallest absolute Gasteiger partial charge is 0.406 e. The molecule has 176 valence electrons. The first kappa shape index (κ1) is 24.8. The third kappa shape index (κ3) is 8.54. The monoisotopic (exact) mass is 523 g/mol. The zero-order chi connectivity index (χ0) is 23.8. The molecule has 0 saturated heterocycles. The Bertz CT molecular complexity index is 1050. The van der Waals surface area contributed by atoms with Crippen molar-refractivity contribution in [2.45, 2.75) is 19.3 Å². The minimum absolute atomic E-state index is 0.302. The fraction of sp³-hybridized carbons (Fsp3) is 0.304. The summed E-state index contributed by atoms with van der Waals surface area (Å²) in [7, 11) is 3.99. The van der Waals surface area contributed by atoms with Crippen LogP contribution in [0.2, 0.25) is 0 Å². The lowest BCUT2D eigenvalue weighted by atomic mass is 10.1. The molecular weight excluding hydrogens is 499 g/mol. The van der Waals surface area contributed by atoms with Crippen LogP contribution in [0.3, 0.4) is 0 Å². The van der Waals surface area contributed by atoms with Crippen LogP contribution in [0.4, 0.5) is 24.9 Å². The third-order valence-corrected chi connectivity index (χ3v) is 5.07. The van der Waals surface area contributed by atoms with Gasteiger partial charge in [0.05, 0.1) is 5.69 Å². The number of nitrogens with zero attached hydrogens (tertiary/aromatic N) is 3. The average molecular weight is 524 g/mol. The summed E-state index contributed by atoms with van der Waals surface area (Å²) >= 11 is 3.42. The van der Waals surface area contributed by atoms with E-state index in [9.17, 15) is 13.2 Å². The predicted octanol–water partition coefficient (Wildman–Crippen LogP) is 5.78. The van der Waals surface area contributed by atoms with Crippen molar-refractivity contribution in [1.82, 2.24) is 14.9 Å². The Labute approximate surface area is 199 Å². The maximum atomic E-state index is 12.6. The lowest BCUT2D eigenvalue weighted by Gasteiger charge is -2.14. The molecule has 0 amide bonds. The van der Waals surface area contributed by atoms with E-state index in [-0.39, 0.29) is 5.75 Å². The molecule has 0 aliphatic carbocycles. The van der Waals surface area contributed by atoms with Gasteiger partial charge in [-0.25, -0.2) is 4.98 Å². The van der Waals surface area contributed by atoms with Crippen LogP contribution in [-0.2, 0) is 6.54 Å². The van der Waals surface area contributed by atoms with E-state index in [1.54, 1.807) is 12.1 Å². The maximum absolute atomic E-state index is 12.6. The molecule has 0 atom stereocenters. The van der Waals surface area contributed by atoms with Crippen molar-refractivity contribution in [3.05, 3.63) is 64.6 Å². The van der Waals surface area contributed by atoms with Gasteiger partial charge in [-0.1, -0.05) is 40.2 Å². The molecule has 0 unspecified atom stereocenters. The third-order valence-electron chi connectivity index (χ3n) is 4.54. The first-order chi connectivity index (χ1) is 15.7. The van der Waals surface area contributed by atoms with Crippen LogP contribution in [0.5, 0.6) is 5.75 Å². The van der Waals surface area contributed by atoms with Gasteiger partial charge in [-0.05, 0) is 56.9 Å². The summed E-state index contributed by atoms with van der Waals surface area (Å²) in [6.45, 7) is 2.09. The number of halogens is 4. The highest BCUT2D eigenvalue weighted by atomic mass is 79.9. The minimum Gasteiger partial charge on any atom is -0.406 e. The van der Waals surface area contributed by atoms with Crippen LogP contribution in [-0.4, -0.2) is 48.4 Å². The molecule has 0 spiro atoms. The lowest BCUT2D eigenvalue weighted by Crippen LogP contribution is -2.17. The number of alkyl halides is 3. The van der Waals surface area contributed by atoms with Gasteiger partial charge in [-0.2, -0.15) is 4.98 Å². The first-order valence-electron chi connectivity index (χ1n) is 10.3. The number of hydrogen-bond donors (Lipinski definition) is 2. The molecule has 0 bridgehead atoms. The summed E-state index contributed by atoms with van der Waals surface area (Å²) in [6.07, 6.45) is -3.88. The van der Waals surface area contributed by atoms with Gasteiger partial charge >= 0.3 is 6.36 Å². The van der Waals surface area contributed by atoms with Gasteiger partial charge in [0.15, 0.2) is 0 Å². The standard InChI is InChI=1S/C23H25BrF3N5O/c1-32(2)12-4-11-28-22-30-20(17-5-3-6-19(13-17)33-23(25,26)27)14-21(31-22)29-15-16-7-9-18(24)10-8-16/h3,5-10,13-14H,4,11-12,15H2,1-2H3,(H2,28,29,30,31). The Morgan fingerprint density at radius 2 is 1.76 bits per heavy atom. The minimum atomic E-state index is -4.76. The quantitative estimate of drug-likeness (QED) is 0.328. The van der Waals surface area contributed by atoms with E-state index >= 15 is 0 Å². The highest BCUT2D eigenvalue weighted by Crippen LogP contribution is 2.28. The van der Waals surface area contributed by atoms with Gasteiger partial charge in [0.2, 0.25) is 5.95 Å². The first-order valence-corrected chi connectivity index (χ1v) is 11.1. The Hall–Kier alpha value is -2.85. The molecule has 0 fully saturated rings. The summed E-state index contributed by atoms with van der Waals surface area (Å²) in [5.41, 5.74) is 2.02. The van der Waals surface area contributed by atoms with E-state index in [0.717, 1.165) is 23.0 Å². The van der Waals surface area contributed by atoms with Gasteiger partial charge in [0.25, 0.3) is 0 Å². The van der Waals surface area contributed by atoms with Crippen LogP contribution in [0.25, 0.3) is 11.3 Å². The Morgan fingerprint density at radius 1 is 1.00 bits per heavy atom. The largest absolute Gasteiger partial charge is 0.573 e. The highest BCUT2D eigenvalue weighted by Gasteiger charge is 2.31. The summed E-state index contributed by atoms with van der Waals surface area (Å²) in [4.78, 5) is 11.1. The molecule has 33 heavy (non-hydrogen) atoms. The Balaban J connectivity index is 1.83. The SMILES string of the molecule is CN(C)CCCNc1nc(NCc2ccc(Br)cc2)cc(-c2cccc(OC(F)(F)F)c2)n1. The van der Waals surface area contributed by atoms with Crippen molar-refractivity contribution >= 4 is 27.7 Å². The number of ether oxygens (including phenoxy) is 1. The van der Waals surface area contributed by atoms with E-state index in [0.29, 0.717) is 36.1 Å². The highest BCUT2D eigenvalue weighted by molar-refractivity contribution is 9.10. The molecule has 2 aromatic carbocycles. The van der Waals surface area contributed by atoms with Gasteiger partial charge in [-0.15, -0.1) is 13.2 Å². The summed E-state index contributed by atoms with van der Waals surface area (Å²) in [5, 5.41) is 6.47. The second kappa shape index (κ2) is 11.3. The molecule has 2 N–H and O–H groups in total. The van der Waals surface area contributed by atoms with Crippen LogP contribution >= 0.6 is 15.9 Å². The molecule has 0 aliphatic heterocycles. The molecule has 0 saturated carbocycles. The molecule has 6 nitrogen and oxygen atoms in total. The number of benzene rings is 2. The number of nitrogens with one attached hydrogen (secondary N) is 2. The molecular formula is C23H25BrF3N5O. The summed E-state index contributed by atoms with van der Waals surface area (Å²) in [6, 6.07) is 15.3. The number of aromatic nitrogens is 2. The second-order valence-electron chi connectivity index (χ2n) is 7.60. The Kier molecular flexibility index (Phi) is 8.51. The summed E-state index contributed by atoms with van der Waals surface area (Å²) in [5.74, 6) is 0.648. The number of anilines is 2. The van der Waals surface area contributed by atoms with Crippen molar-refractivity contribution in [1.29, 1.82) is 0 Å². The van der Waals surface area contributed by atoms with Crippen molar-refractivity contribution in [3.63, 3.8) is 0 Å². The predicted molar refractivity (Wildman–Crippen MR) is 127 cm³/mol. The Morgan fingerprint density at radius 3 is 2.45 bits per heavy atom. The van der Waals surface area contributed by atoms with Crippen LogP contribution in [0.1, 0.15) is 12.0 Å². The molecule has 10 heteroatoms. The van der Waals surface area contributed by atoms with Crippen molar-refractivity contribution in [2.75, 3.05) is 37.8 Å². The molecule has 0 aliphatic rings. The van der Waals surface area contributed by atoms with Crippen LogP contribution in [0.15, 0.2) is 59.1 Å². The zero-order valence-corrected chi connectivity index (χ0v) is 19.9. The summed E-state index contributed by atoms with van der Waals surface area (Å²) < 4.78 is 43.0. The van der Waals surface area contributed by atoms with Crippen LogP contribution in [0, 0.1) is 0 Å². The second-order valence-corrected chi connectivity index (χ2v) is 8.52. The zero-order valence-electron chi connectivity index (χ0n) is 18.3. The fourth-order valence-corrected chi connectivity index (χ4v) is 3.27. The lowest BCUT2D eigenvalue weighted by molar-refractivity contribution is -0.274. The van der Waals surface area contributed by atoms with E-state index in [1.165, 1.54) is 18.2 Å². The van der Waals surface area contributed by atoms with Crippen molar-refractivity contribution < 1.29 is 17.9 Å². The molecule has 1 heterocycles. The topological polar surface area (TPSA) is 62.3 Å². The van der Waals surface area contributed by atoms with Crippen molar-refractivity contribution in [3.8, 4) is 17.0 Å². The van der Waals surface area contributed by atoms with E-state index < -0.39 is 6.36 Å². The van der Waals surface area contributed by atoms with Gasteiger partial charge in [-0.3, -0.25) is 0 Å².